The van der Waals surface area contributed by atoms with Crippen LogP contribution in [0.3, 0.4) is 0 Å². The van der Waals surface area contributed by atoms with Crippen LogP contribution in [0.15, 0.2) is 35.4 Å². The SMILES string of the molecule is Cc1ccc(F)c(NS(=O)(=O)c2cccnc2CN)c1F. The molecular formula is C13H13F2N3O2S. The molecule has 1 heterocycles. The molecule has 0 saturated carbocycles. The van der Waals surface area contributed by atoms with Crippen molar-refractivity contribution in [3.63, 3.8) is 0 Å². The number of halogens is 2. The summed E-state index contributed by atoms with van der Waals surface area (Å²) >= 11 is 0. The molecule has 5 nitrogen and oxygen atoms in total. The number of nitrogens with one attached hydrogen (secondary N) is 1. The molecule has 112 valence electrons. The zero-order valence-corrected chi connectivity index (χ0v) is 11.9. The first-order chi connectivity index (χ1) is 9.86. The van der Waals surface area contributed by atoms with Gasteiger partial charge in [0.25, 0.3) is 10.0 Å². The van der Waals surface area contributed by atoms with E-state index in [1.807, 2.05) is 4.72 Å². The van der Waals surface area contributed by atoms with E-state index in [4.69, 9.17) is 5.73 Å². The van der Waals surface area contributed by atoms with Gasteiger partial charge in [0.05, 0.1) is 5.69 Å². The number of hydrogen-bond acceptors (Lipinski definition) is 4. The van der Waals surface area contributed by atoms with Gasteiger partial charge in [0.1, 0.15) is 16.4 Å². The summed E-state index contributed by atoms with van der Waals surface area (Å²) in [6.45, 7) is 1.29. The molecule has 0 bridgehead atoms. The number of rotatable bonds is 4. The number of aryl methyl sites for hydroxylation is 1. The first-order valence-corrected chi connectivity index (χ1v) is 7.46. The van der Waals surface area contributed by atoms with Gasteiger partial charge in [-0.1, -0.05) is 6.07 Å². The van der Waals surface area contributed by atoms with Crippen LogP contribution in [0.2, 0.25) is 0 Å². The van der Waals surface area contributed by atoms with E-state index >= 15 is 0 Å². The van der Waals surface area contributed by atoms with Crippen LogP contribution >= 0.6 is 0 Å². The second kappa shape index (κ2) is 5.74. The van der Waals surface area contributed by atoms with Crippen molar-refractivity contribution in [1.29, 1.82) is 0 Å². The molecule has 1 aromatic carbocycles. The molecule has 21 heavy (non-hydrogen) atoms. The smallest absolute Gasteiger partial charge is 0.263 e. The highest BCUT2D eigenvalue weighted by Crippen LogP contribution is 2.25. The fourth-order valence-corrected chi connectivity index (χ4v) is 3.03. The van der Waals surface area contributed by atoms with Crippen LogP contribution in [-0.2, 0) is 16.6 Å². The van der Waals surface area contributed by atoms with Crippen LogP contribution in [-0.4, -0.2) is 13.4 Å². The van der Waals surface area contributed by atoms with Gasteiger partial charge in [-0.2, -0.15) is 0 Å². The Hall–Kier alpha value is -2.06. The maximum absolute atomic E-state index is 13.9. The molecule has 0 amide bonds. The van der Waals surface area contributed by atoms with Gasteiger partial charge in [-0.25, -0.2) is 17.2 Å². The first-order valence-electron chi connectivity index (χ1n) is 5.98. The van der Waals surface area contributed by atoms with Crippen molar-refractivity contribution in [2.75, 3.05) is 4.72 Å². The minimum Gasteiger partial charge on any atom is -0.325 e. The van der Waals surface area contributed by atoms with Crippen molar-refractivity contribution in [2.24, 2.45) is 5.73 Å². The van der Waals surface area contributed by atoms with Crippen LogP contribution in [0.25, 0.3) is 0 Å². The summed E-state index contributed by atoms with van der Waals surface area (Å²) in [5.41, 5.74) is 4.94. The van der Waals surface area contributed by atoms with Gasteiger partial charge in [0.2, 0.25) is 0 Å². The second-order valence-corrected chi connectivity index (χ2v) is 5.96. The number of anilines is 1. The molecule has 0 unspecified atom stereocenters. The Labute approximate surface area is 120 Å². The van der Waals surface area contributed by atoms with Gasteiger partial charge < -0.3 is 5.73 Å². The summed E-state index contributed by atoms with van der Waals surface area (Å²) in [5, 5.41) is 0. The van der Waals surface area contributed by atoms with E-state index in [1.165, 1.54) is 31.3 Å². The zero-order chi connectivity index (χ0) is 15.6. The summed E-state index contributed by atoms with van der Waals surface area (Å²) in [5.74, 6) is -1.96. The molecule has 0 atom stereocenters. The molecule has 8 heteroatoms. The Morgan fingerprint density at radius 3 is 2.67 bits per heavy atom. The van der Waals surface area contributed by atoms with Crippen molar-refractivity contribution in [3.05, 3.63) is 53.4 Å². The molecule has 1 aromatic heterocycles. The molecule has 0 aliphatic heterocycles. The quantitative estimate of drug-likeness (QED) is 0.903. The number of hydrogen-bond donors (Lipinski definition) is 2. The third kappa shape index (κ3) is 3.01. The van der Waals surface area contributed by atoms with E-state index < -0.39 is 27.3 Å². The van der Waals surface area contributed by atoms with E-state index in [0.717, 1.165) is 6.07 Å². The van der Waals surface area contributed by atoms with E-state index in [1.54, 1.807) is 0 Å². The van der Waals surface area contributed by atoms with E-state index in [2.05, 4.69) is 4.98 Å². The van der Waals surface area contributed by atoms with Gasteiger partial charge in [-0.15, -0.1) is 0 Å². The lowest BCUT2D eigenvalue weighted by atomic mass is 10.2. The first kappa shape index (κ1) is 15.3. The Morgan fingerprint density at radius 1 is 1.29 bits per heavy atom. The monoisotopic (exact) mass is 313 g/mol. The van der Waals surface area contributed by atoms with Gasteiger partial charge in [-0.3, -0.25) is 9.71 Å². The molecular weight excluding hydrogens is 300 g/mol. The fraction of sp³-hybridized carbons (Fsp3) is 0.154. The van der Waals surface area contributed by atoms with Crippen molar-refractivity contribution in [3.8, 4) is 0 Å². The highest BCUT2D eigenvalue weighted by Gasteiger charge is 2.22. The summed E-state index contributed by atoms with van der Waals surface area (Å²) < 4.78 is 54.0. The van der Waals surface area contributed by atoms with Gasteiger partial charge >= 0.3 is 0 Å². The van der Waals surface area contributed by atoms with Gasteiger partial charge in [0, 0.05) is 12.7 Å². The highest BCUT2D eigenvalue weighted by molar-refractivity contribution is 7.92. The van der Waals surface area contributed by atoms with E-state index in [9.17, 15) is 17.2 Å². The number of nitrogens with zero attached hydrogens (tertiary/aromatic N) is 1. The lowest BCUT2D eigenvalue weighted by Gasteiger charge is -2.12. The minimum atomic E-state index is -4.19. The Kier molecular flexibility index (Phi) is 4.19. The van der Waals surface area contributed by atoms with Crippen molar-refractivity contribution >= 4 is 15.7 Å². The summed E-state index contributed by atoms with van der Waals surface area (Å²) in [7, 11) is -4.19. The lowest BCUT2D eigenvalue weighted by Crippen LogP contribution is -2.19. The summed E-state index contributed by atoms with van der Waals surface area (Å²) in [6.07, 6.45) is 1.38. The topological polar surface area (TPSA) is 85.1 Å². The van der Waals surface area contributed by atoms with Crippen LogP contribution in [0.5, 0.6) is 0 Å². The molecule has 0 aliphatic rings. The Balaban J connectivity index is 2.50. The molecule has 0 spiro atoms. The van der Waals surface area contributed by atoms with Crippen molar-refractivity contribution in [1.82, 2.24) is 4.98 Å². The highest BCUT2D eigenvalue weighted by atomic mass is 32.2. The zero-order valence-electron chi connectivity index (χ0n) is 11.1. The molecule has 2 aromatic rings. The third-order valence-corrected chi connectivity index (χ3v) is 4.28. The standard InChI is InChI=1S/C13H13F2N3O2S/c1-8-4-5-9(14)13(12(8)15)18-21(19,20)11-3-2-6-17-10(11)7-16/h2-6,18H,7,16H2,1H3. The number of pyridine rings is 1. The predicted molar refractivity (Wildman–Crippen MR) is 74.0 cm³/mol. The third-order valence-electron chi connectivity index (χ3n) is 2.85. The molecule has 0 aliphatic carbocycles. The van der Waals surface area contributed by atoms with Gasteiger partial charge in [0.15, 0.2) is 5.82 Å². The maximum Gasteiger partial charge on any atom is 0.263 e. The fourth-order valence-electron chi connectivity index (χ4n) is 1.76. The maximum atomic E-state index is 13.9. The van der Waals surface area contributed by atoms with E-state index in [0.29, 0.717) is 0 Å². The second-order valence-electron chi connectivity index (χ2n) is 4.31. The van der Waals surface area contributed by atoms with E-state index in [-0.39, 0.29) is 22.7 Å². The lowest BCUT2D eigenvalue weighted by molar-refractivity contribution is 0.578. The molecule has 2 rings (SSSR count). The van der Waals surface area contributed by atoms with Crippen molar-refractivity contribution in [2.45, 2.75) is 18.4 Å². The molecule has 3 N–H and O–H groups in total. The number of nitrogens with two attached hydrogens (primary N) is 1. The molecule has 0 radical (unpaired) electrons. The molecule has 0 fully saturated rings. The Morgan fingerprint density at radius 2 is 2.00 bits per heavy atom. The predicted octanol–water partition coefficient (Wildman–Crippen LogP) is 1.93. The average Bonchev–Trinajstić information content (AvgIpc) is 2.47. The summed E-state index contributed by atoms with van der Waals surface area (Å²) in [4.78, 5) is 3.62. The van der Waals surface area contributed by atoms with Crippen LogP contribution in [0.1, 0.15) is 11.3 Å². The molecule has 0 saturated heterocycles. The average molecular weight is 313 g/mol. The Bertz CT molecular complexity index is 779. The largest absolute Gasteiger partial charge is 0.325 e. The number of aromatic nitrogens is 1. The normalized spacial score (nSPS) is 11.4. The summed E-state index contributed by atoms with van der Waals surface area (Å²) in [6, 6.07) is 4.88. The minimum absolute atomic E-state index is 0.110. The number of sulfonamides is 1. The van der Waals surface area contributed by atoms with Crippen molar-refractivity contribution < 1.29 is 17.2 Å². The number of benzene rings is 1. The van der Waals surface area contributed by atoms with Gasteiger partial charge in [-0.05, 0) is 30.7 Å². The van der Waals surface area contributed by atoms with Crippen LogP contribution < -0.4 is 10.5 Å². The van der Waals surface area contributed by atoms with Crippen LogP contribution in [0, 0.1) is 18.6 Å². The van der Waals surface area contributed by atoms with Crippen LogP contribution in [0.4, 0.5) is 14.5 Å².